The molecule has 84 valence electrons. The van der Waals surface area contributed by atoms with Crippen molar-refractivity contribution in [2.75, 3.05) is 0 Å². The van der Waals surface area contributed by atoms with Crippen LogP contribution < -0.4 is 56.8 Å². The molecule has 2 rings (SSSR count). The Morgan fingerprint density at radius 3 is 2.65 bits per heavy atom. The number of aromatic amines is 1. The van der Waals surface area contributed by atoms with Crippen molar-refractivity contribution in [3.8, 4) is 0 Å². The summed E-state index contributed by atoms with van der Waals surface area (Å²) in [6.07, 6.45) is 1.25. The fourth-order valence-electron chi connectivity index (χ4n) is 1.36. The summed E-state index contributed by atoms with van der Waals surface area (Å²) in [5.74, 6) is -0.999. The van der Waals surface area contributed by atoms with E-state index in [1.807, 2.05) is 0 Å². The van der Waals surface area contributed by atoms with Gasteiger partial charge in [-0.2, -0.15) is 0 Å². The predicted octanol–water partition coefficient (Wildman–Crippen LogP) is -1.12. The molecular weight excluding hydrogens is 245 g/mol. The summed E-state index contributed by atoms with van der Waals surface area (Å²) in [4.78, 5) is 29.3. The number of carbonyl (C=O) groups is 1. The number of aromatic nitrogens is 2. The van der Waals surface area contributed by atoms with Crippen molar-refractivity contribution in [3.05, 3.63) is 53.0 Å². The normalized spacial score (nSPS) is 9.24. The number of carbonyl (C=O) groups excluding carboxylic acids is 1. The van der Waals surface area contributed by atoms with Crippen LogP contribution in [0.5, 0.6) is 0 Å². The van der Waals surface area contributed by atoms with Gasteiger partial charge in [-0.25, -0.2) is 4.98 Å². The molecule has 0 saturated carbocycles. The third-order valence-corrected chi connectivity index (χ3v) is 2.11. The number of nitrogens with zero attached hydrogens (tertiary/aromatic N) is 1. The van der Waals surface area contributed by atoms with Crippen LogP contribution in [-0.4, -0.2) is 15.9 Å². The van der Waals surface area contributed by atoms with Crippen molar-refractivity contribution in [3.63, 3.8) is 0 Å². The van der Waals surface area contributed by atoms with Crippen LogP contribution >= 0.6 is 0 Å². The number of nitrogens with one attached hydrogen (secondary N) is 2. The number of fused-ring (bicyclic) bond motifs is 1. The standard InChI is InChI=1S/C10H9N3O2.CH3.K/c1-5-2-3-7-8(13-5)9(14)6(4-12-7)10(11)15;;/h2-4H,1H3,(H3,11,12,14,15);1H3;/q;-1;+1/p-1. The van der Waals surface area contributed by atoms with E-state index in [4.69, 9.17) is 5.73 Å². The zero-order valence-electron chi connectivity index (χ0n) is 10.00. The smallest absolute Gasteiger partial charge is 0.663 e. The molecule has 2 N–H and O–H groups in total. The summed E-state index contributed by atoms with van der Waals surface area (Å²) >= 11 is 0. The third-order valence-electron chi connectivity index (χ3n) is 2.11. The Bertz CT molecular complexity index is 607. The molecule has 5 nitrogen and oxygen atoms in total. The van der Waals surface area contributed by atoms with E-state index in [0.29, 0.717) is 11.2 Å². The molecule has 0 radical (unpaired) electrons. The molecule has 6 heteroatoms. The van der Waals surface area contributed by atoms with Crippen molar-refractivity contribution in [1.82, 2.24) is 9.97 Å². The number of hydrogen-bond donors (Lipinski definition) is 1. The molecule has 2 heterocycles. The van der Waals surface area contributed by atoms with E-state index in [9.17, 15) is 9.59 Å². The van der Waals surface area contributed by atoms with E-state index >= 15 is 0 Å². The van der Waals surface area contributed by atoms with E-state index in [-0.39, 0.29) is 69.9 Å². The Labute approximate surface area is 141 Å². The van der Waals surface area contributed by atoms with Crippen LogP contribution in [0, 0.1) is 14.4 Å². The van der Waals surface area contributed by atoms with Gasteiger partial charge in [0.1, 0.15) is 5.52 Å². The summed E-state index contributed by atoms with van der Waals surface area (Å²) < 4.78 is 0. The second kappa shape index (κ2) is 6.41. The van der Waals surface area contributed by atoms with Gasteiger partial charge in [-0.05, 0) is 19.1 Å². The SMILES string of the molecule is Cc1ccc2[nH]cc(C([NH-])=O)c(=O)c2n1.[CH3-].[K+]. The number of hydrogen-bond acceptors (Lipinski definition) is 3. The minimum Gasteiger partial charge on any atom is -0.663 e. The second-order valence-corrected chi connectivity index (χ2v) is 3.21. The summed E-state index contributed by atoms with van der Waals surface area (Å²) in [5, 5.41) is 0. The van der Waals surface area contributed by atoms with E-state index in [1.54, 1.807) is 19.1 Å². The third kappa shape index (κ3) is 3.23. The first-order chi connectivity index (χ1) is 7.09. The number of pyridine rings is 2. The Hall–Kier alpha value is -0.534. The number of aryl methyl sites for hydroxylation is 1. The topological polar surface area (TPSA) is 86.6 Å². The van der Waals surface area contributed by atoms with Gasteiger partial charge in [0.05, 0.1) is 17.0 Å². The van der Waals surface area contributed by atoms with Gasteiger partial charge >= 0.3 is 51.4 Å². The van der Waals surface area contributed by atoms with E-state index in [0.717, 1.165) is 0 Å². The monoisotopic (exact) mass is 256 g/mol. The van der Waals surface area contributed by atoms with E-state index < -0.39 is 11.3 Å². The average molecular weight is 256 g/mol. The van der Waals surface area contributed by atoms with Gasteiger partial charge in [-0.1, -0.05) is 0 Å². The van der Waals surface area contributed by atoms with Gasteiger partial charge in [0.25, 0.3) is 0 Å². The fourth-order valence-corrected chi connectivity index (χ4v) is 1.36. The molecule has 0 aromatic carbocycles. The van der Waals surface area contributed by atoms with Gasteiger partial charge in [0.15, 0.2) is 0 Å². The molecule has 17 heavy (non-hydrogen) atoms. The number of H-pyrrole nitrogens is 1. The maximum absolute atomic E-state index is 11.7. The van der Waals surface area contributed by atoms with Crippen LogP contribution in [0.1, 0.15) is 16.1 Å². The fraction of sp³-hybridized carbons (Fsp3) is 0.0909. The average Bonchev–Trinajstić information content (AvgIpc) is 2.19. The summed E-state index contributed by atoms with van der Waals surface area (Å²) in [7, 11) is 0. The summed E-state index contributed by atoms with van der Waals surface area (Å²) in [6.45, 7) is 1.76. The van der Waals surface area contributed by atoms with Gasteiger partial charge < -0.3 is 22.9 Å². The molecule has 0 spiro atoms. The Morgan fingerprint density at radius 1 is 1.41 bits per heavy atom. The first-order valence-corrected chi connectivity index (χ1v) is 4.34. The minimum absolute atomic E-state index is 0. The zero-order chi connectivity index (χ0) is 11.0. The van der Waals surface area contributed by atoms with Crippen LogP contribution in [-0.2, 0) is 0 Å². The number of rotatable bonds is 1. The van der Waals surface area contributed by atoms with Crippen molar-refractivity contribution in [2.24, 2.45) is 0 Å². The van der Waals surface area contributed by atoms with Gasteiger partial charge in [-0.15, -0.1) is 0 Å². The summed E-state index contributed by atoms with van der Waals surface area (Å²) in [6, 6.07) is 3.48. The molecule has 0 saturated heterocycles. The maximum atomic E-state index is 11.7. The molecule has 2 aromatic heterocycles. The summed E-state index contributed by atoms with van der Waals surface area (Å²) in [5.41, 5.74) is 7.69. The molecule has 0 atom stereocenters. The van der Waals surface area contributed by atoms with Gasteiger partial charge in [0.2, 0.25) is 5.43 Å². The molecule has 0 unspecified atom stereocenters. The Balaban J connectivity index is 0.00000128. The van der Waals surface area contributed by atoms with Crippen molar-refractivity contribution in [1.29, 1.82) is 0 Å². The maximum Gasteiger partial charge on any atom is 1.00 e. The van der Waals surface area contributed by atoms with E-state index in [2.05, 4.69) is 9.97 Å². The van der Waals surface area contributed by atoms with Crippen LogP contribution in [0.2, 0.25) is 0 Å². The molecule has 0 aliphatic carbocycles. The first kappa shape index (κ1) is 16.5. The second-order valence-electron chi connectivity index (χ2n) is 3.21. The van der Waals surface area contributed by atoms with Crippen molar-refractivity contribution in [2.45, 2.75) is 6.92 Å². The molecule has 0 aliphatic rings. The Kier molecular flexibility index (Phi) is 6.21. The Morgan fingerprint density at radius 2 is 2.06 bits per heavy atom. The van der Waals surface area contributed by atoms with E-state index in [1.165, 1.54) is 6.20 Å². The van der Waals surface area contributed by atoms with Crippen molar-refractivity contribution < 1.29 is 56.2 Å². The van der Waals surface area contributed by atoms with Crippen molar-refractivity contribution >= 4 is 16.9 Å². The molecule has 0 fully saturated rings. The van der Waals surface area contributed by atoms with Gasteiger partial charge in [-0.3, -0.25) is 4.79 Å². The van der Waals surface area contributed by atoms with Gasteiger partial charge in [0, 0.05) is 11.9 Å². The number of amides is 1. The first-order valence-electron chi connectivity index (χ1n) is 4.34. The van der Waals surface area contributed by atoms with Crippen LogP contribution in [0.25, 0.3) is 16.8 Å². The quantitative estimate of drug-likeness (QED) is 0.518. The largest absolute Gasteiger partial charge is 1.00 e. The molecule has 1 amide bonds. The predicted molar refractivity (Wildman–Crippen MR) is 62.2 cm³/mol. The zero-order valence-corrected chi connectivity index (χ0v) is 13.1. The molecule has 0 aliphatic heterocycles. The van der Waals surface area contributed by atoms with Crippen LogP contribution in [0.4, 0.5) is 0 Å². The molecule has 0 bridgehead atoms. The molecule has 2 aromatic rings. The van der Waals surface area contributed by atoms with Crippen LogP contribution in [0.3, 0.4) is 0 Å². The van der Waals surface area contributed by atoms with Crippen LogP contribution in [0.15, 0.2) is 23.1 Å². The molecular formula is C11H11KN3O2-. The minimum atomic E-state index is -0.999.